The fourth-order valence-corrected chi connectivity index (χ4v) is 0.872. The minimum absolute atomic E-state index is 0.0289. The second kappa shape index (κ2) is 4.60. The van der Waals surface area contributed by atoms with Crippen molar-refractivity contribution < 1.29 is 4.79 Å². The SMILES string of the molecule is CC[C@@H](C)C(=O)Nc1ccccn1. The summed E-state index contributed by atoms with van der Waals surface area (Å²) in [5, 5.41) is 2.74. The summed E-state index contributed by atoms with van der Waals surface area (Å²) in [6, 6.07) is 5.44. The molecule has 13 heavy (non-hydrogen) atoms. The molecule has 0 aliphatic carbocycles. The highest BCUT2D eigenvalue weighted by molar-refractivity contribution is 5.91. The van der Waals surface area contributed by atoms with Crippen LogP contribution in [0.15, 0.2) is 24.4 Å². The van der Waals surface area contributed by atoms with E-state index in [0.29, 0.717) is 5.82 Å². The average Bonchev–Trinajstić information content (AvgIpc) is 2.18. The highest BCUT2D eigenvalue weighted by Gasteiger charge is 2.10. The first-order chi connectivity index (χ1) is 6.24. The van der Waals surface area contributed by atoms with E-state index >= 15 is 0 Å². The van der Waals surface area contributed by atoms with Gasteiger partial charge in [0.05, 0.1) is 0 Å². The zero-order valence-electron chi connectivity index (χ0n) is 7.95. The summed E-state index contributed by atoms with van der Waals surface area (Å²) in [6.07, 6.45) is 2.50. The molecule has 70 valence electrons. The molecule has 0 aliphatic rings. The Balaban J connectivity index is 2.55. The summed E-state index contributed by atoms with van der Waals surface area (Å²) in [4.78, 5) is 15.4. The molecule has 1 atom stereocenters. The van der Waals surface area contributed by atoms with Gasteiger partial charge < -0.3 is 5.32 Å². The van der Waals surface area contributed by atoms with Crippen LogP contribution in [0.3, 0.4) is 0 Å². The molecular weight excluding hydrogens is 164 g/mol. The fourth-order valence-electron chi connectivity index (χ4n) is 0.872. The van der Waals surface area contributed by atoms with Gasteiger partial charge in [0.25, 0.3) is 0 Å². The Morgan fingerprint density at radius 2 is 2.38 bits per heavy atom. The Bertz CT molecular complexity index is 272. The summed E-state index contributed by atoms with van der Waals surface area (Å²) in [5.41, 5.74) is 0. The summed E-state index contributed by atoms with van der Waals surface area (Å²) in [5.74, 6) is 0.691. The standard InChI is InChI=1S/C10H14N2O/c1-3-8(2)10(13)12-9-6-4-5-7-11-9/h4-8H,3H2,1-2H3,(H,11,12,13)/t8-/m1/s1. The van der Waals surface area contributed by atoms with E-state index in [0.717, 1.165) is 6.42 Å². The predicted molar refractivity (Wildman–Crippen MR) is 52.3 cm³/mol. The zero-order valence-corrected chi connectivity index (χ0v) is 7.95. The zero-order chi connectivity index (χ0) is 9.68. The second-order valence-electron chi connectivity index (χ2n) is 3.01. The van der Waals surface area contributed by atoms with E-state index in [4.69, 9.17) is 0 Å². The molecule has 0 unspecified atom stereocenters. The number of nitrogens with zero attached hydrogens (tertiary/aromatic N) is 1. The Labute approximate surface area is 78.2 Å². The highest BCUT2D eigenvalue weighted by Crippen LogP contribution is 2.06. The molecule has 1 amide bonds. The molecule has 0 fully saturated rings. The first-order valence-corrected chi connectivity index (χ1v) is 4.46. The van der Waals surface area contributed by atoms with Crippen molar-refractivity contribution in [1.29, 1.82) is 0 Å². The van der Waals surface area contributed by atoms with Gasteiger partial charge in [0.1, 0.15) is 5.82 Å². The summed E-state index contributed by atoms with van der Waals surface area (Å²) >= 11 is 0. The quantitative estimate of drug-likeness (QED) is 0.769. The monoisotopic (exact) mass is 178 g/mol. The first kappa shape index (κ1) is 9.71. The first-order valence-electron chi connectivity index (χ1n) is 4.46. The molecular formula is C10H14N2O. The van der Waals surface area contributed by atoms with E-state index in [9.17, 15) is 4.79 Å². The largest absolute Gasteiger partial charge is 0.310 e. The second-order valence-corrected chi connectivity index (χ2v) is 3.01. The van der Waals surface area contributed by atoms with Crippen LogP contribution in [0, 0.1) is 5.92 Å². The number of hydrogen-bond acceptors (Lipinski definition) is 2. The van der Waals surface area contributed by atoms with E-state index in [1.54, 1.807) is 12.3 Å². The Morgan fingerprint density at radius 1 is 1.62 bits per heavy atom. The van der Waals surface area contributed by atoms with Gasteiger partial charge in [-0.25, -0.2) is 4.98 Å². The average molecular weight is 178 g/mol. The third-order valence-electron chi connectivity index (χ3n) is 1.98. The maximum absolute atomic E-state index is 11.4. The molecule has 1 N–H and O–H groups in total. The Morgan fingerprint density at radius 3 is 2.92 bits per heavy atom. The maximum atomic E-state index is 11.4. The Hall–Kier alpha value is -1.38. The van der Waals surface area contributed by atoms with Crippen LogP contribution in [0.1, 0.15) is 20.3 Å². The molecule has 0 bridgehead atoms. The topological polar surface area (TPSA) is 42.0 Å². The van der Waals surface area contributed by atoms with Gasteiger partial charge in [-0.15, -0.1) is 0 Å². The molecule has 3 nitrogen and oxygen atoms in total. The van der Waals surface area contributed by atoms with Crippen LogP contribution >= 0.6 is 0 Å². The lowest BCUT2D eigenvalue weighted by atomic mass is 10.1. The van der Waals surface area contributed by atoms with Crippen molar-refractivity contribution in [2.24, 2.45) is 5.92 Å². The lowest BCUT2D eigenvalue weighted by Crippen LogP contribution is -2.20. The van der Waals surface area contributed by atoms with Gasteiger partial charge in [0.15, 0.2) is 0 Å². The lowest BCUT2D eigenvalue weighted by molar-refractivity contribution is -0.119. The highest BCUT2D eigenvalue weighted by atomic mass is 16.1. The lowest BCUT2D eigenvalue weighted by Gasteiger charge is -2.08. The molecule has 1 rings (SSSR count). The number of amides is 1. The molecule has 1 aromatic rings. The van der Waals surface area contributed by atoms with Crippen molar-refractivity contribution in [3.8, 4) is 0 Å². The van der Waals surface area contributed by atoms with Crippen LogP contribution in [-0.2, 0) is 4.79 Å². The van der Waals surface area contributed by atoms with Crippen LogP contribution in [0.2, 0.25) is 0 Å². The van der Waals surface area contributed by atoms with Crippen molar-refractivity contribution >= 4 is 11.7 Å². The van der Waals surface area contributed by atoms with Gasteiger partial charge >= 0.3 is 0 Å². The van der Waals surface area contributed by atoms with Gasteiger partial charge in [-0.3, -0.25) is 4.79 Å². The van der Waals surface area contributed by atoms with Gasteiger partial charge in [-0.05, 0) is 18.6 Å². The molecule has 0 aromatic carbocycles. The molecule has 0 aliphatic heterocycles. The molecule has 3 heteroatoms. The predicted octanol–water partition coefficient (Wildman–Crippen LogP) is 2.07. The fraction of sp³-hybridized carbons (Fsp3) is 0.400. The van der Waals surface area contributed by atoms with E-state index in [-0.39, 0.29) is 11.8 Å². The number of nitrogens with one attached hydrogen (secondary N) is 1. The van der Waals surface area contributed by atoms with Crippen LogP contribution in [0.25, 0.3) is 0 Å². The third kappa shape index (κ3) is 2.86. The number of carbonyl (C=O) groups excluding carboxylic acids is 1. The minimum Gasteiger partial charge on any atom is -0.310 e. The van der Waals surface area contributed by atoms with E-state index < -0.39 is 0 Å². The van der Waals surface area contributed by atoms with Crippen molar-refractivity contribution in [2.45, 2.75) is 20.3 Å². The summed E-state index contributed by atoms with van der Waals surface area (Å²) < 4.78 is 0. The number of hydrogen-bond donors (Lipinski definition) is 1. The van der Waals surface area contributed by atoms with E-state index in [2.05, 4.69) is 10.3 Å². The van der Waals surface area contributed by atoms with Gasteiger partial charge in [-0.2, -0.15) is 0 Å². The molecule has 1 aromatic heterocycles. The van der Waals surface area contributed by atoms with Crippen LogP contribution < -0.4 is 5.32 Å². The molecule has 0 spiro atoms. The van der Waals surface area contributed by atoms with Crippen molar-refractivity contribution in [2.75, 3.05) is 5.32 Å². The number of carbonyl (C=O) groups is 1. The number of aromatic nitrogens is 1. The molecule has 0 saturated carbocycles. The Kier molecular flexibility index (Phi) is 3.43. The molecule has 0 saturated heterocycles. The summed E-state index contributed by atoms with van der Waals surface area (Å²) in [6.45, 7) is 3.89. The van der Waals surface area contributed by atoms with Gasteiger partial charge in [-0.1, -0.05) is 19.9 Å². The summed E-state index contributed by atoms with van der Waals surface area (Å²) in [7, 11) is 0. The number of pyridine rings is 1. The van der Waals surface area contributed by atoms with Crippen molar-refractivity contribution in [3.63, 3.8) is 0 Å². The minimum atomic E-state index is 0.0289. The van der Waals surface area contributed by atoms with Crippen molar-refractivity contribution in [1.82, 2.24) is 4.98 Å². The van der Waals surface area contributed by atoms with Gasteiger partial charge in [0, 0.05) is 12.1 Å². The van der Waals surface area contributed by atoms with E-state index in [1.165, 1.54) is 0 Å². The third-order valence-corrected chi connectivity index (χ3v) is 1.98. The normalized spacial score (nSPS) is 12.2. The molecule has 1 heterocycles. The van der Waals surface area contributed by atoms with Crippen LogP contribution in [0.4, 0.5) is 5.82 Å². The van der Waals surface area contributed by atoms with E-state index in [1.807, 2.05) is 26.0 Å². The molecule has 0 radical (unpaired) electrons. The van der Waals surface area contributed by atoms with Crippen LogP contribution in [-0.4, -0.2) is 10.9 Å². The maximum Gasteiger partial charge on any atom is 0.228 e. The van der Waals surface area contributed by atoms with Crippen molar-refractivity contribution in [3.05, 3.63) is 24.4 Å². The van der Waals surface area contributed by atoms with Crippen LogP contribution in [0.5, 0.6) is 0 Å². The number of anilines is 1. The van der Waals surface area contributed by atoms with Gasteiger partial charge in [0.2, 0.25) is 5.91 Å². The number of rotatable bonds is 3. The smallest absolute Gasteiger partial charge is 0.228 e.